The molecule has 5 heteroatoms. The Morgan fingerprint density at radius 1 is 1.55 bits per heavy atom. The van der Waals surface area contributed by atoms with Crippen LogP contribution in [0.3, 0.4) is 0 Å². The first-order chi connectivity index (χ1) is 5.29. The van der Waals surface area contributed by atoms with Crippen molar-refractivity contribution in [1.82, 2.24) is 9.97 Å². The molecular weight excluding hydrogens is 164 g/mol. The molecule has 1 atom stereocenters. The van der Waals surface area contributed by atoms with E-state index in [2.05, 4.69) is 9.97 Å². The molecule has 0 saturated carbocycles. The summed E-state index contributed by atoms with van der Waals surface area (Å²) < 4.78 is 20.2. The monoisotopic (exact) mass is 171 g/mol. The molecule has 11 heavy (non-hydrogen) atoms. The number of hydrogen-bond acceptors (Lipinski definition) is 4. The van der Waals surface area contributed by atoms with Gasteiger partial charge in [-0.3, -0.25) is 14.2 Å². The zero-order valence-electron chi connectivity index (χ0n) is 5.77. The van der Waals surface area contributed by atoms with E-state index in [1.165, 1.54) is 0 Å². The van der Waals surface area contributed by atoms with E-state index in [4.69, 9.17) is 0 Å². The van der Waals surface area contributed by atoms with Crippen molar-refractivity contribution in [2.45, 2.75) is 6.42 Å². The van der Waals surface area contributed by atoms with E-state index in [-0.39, 0.29) is 5.75 Å². The van der Waals surface area contributed by atoms with Crippen LogP contribution in [0.25, 0.3) is 0 Å². The Morgan fingerprint density at radius 2 is 2.36 bits per heavy atom. The largest absolute Gasteiger partial charge is 0.772 e. The minimum atomic E-state index is -1.98. The molecule has 0 bridgehead atoms. The van der Waals surface area contributed by atoms with Crippen LogP contribution in [-0.2, 0) is 17.5 Å². The quantitative estimate of drug-likeness (QED) is 0.595. The zero-order valence-corrected chi connectivity index (χ0v) is 6.58. The van der Waals surface area contributed by atoms with Gasteiger partial charge in [0.25, 0.3) is 0 Å². The van der Waals surface area contributed by atoms with E-state index in [0.717, 1.165) is 0 Å². The van der Waals surface area contributed by atoms with Crippen molar-refractivity contribution in [2.24, 2.45) is 0 Å². The van der Waals surface area contributed by atoms with Crippen LogP contribution in [0.15, 0.2) is 18.6 Å². The van der Waals surface area contributed by atoms with Crippen LogP contribution in [-0.4, -0.2) is 24.5 Å². The molecule has 0 aliphatic rings. The lowest BCUT2D eigenvalue weighted by atomic mass is 10.4. The van der Waals surface area contributed by atoms with Gasteiger partial charge in [0.05, 0.1) is 5.69 Å². The van der Waals surface area contributed by atoms with Crippen molar-refractivity contribution in [3.05, 3.63) is 24.3 Å². The van der Waals surface area contributed by atoms with Gasteiger partial charge in [0.15, 0.2) is 0 Å². The van der Waals surface area contributed by atoms with E-state index >= 15 is 0 Å². The van der Waals surface area contributed by atoms with Gasteiger partial charge in [0.2, 0.25) is 0 Å². The third-order valence-corrected chi connectivity index (χ3v) is 1.68. The highest BCUT2D eigenvalue weighted by Crippen LogP contribution is 1.92. The standard InChI is InChI=1S/C6H8N2O2S/c9-11(10)4-1-6-5-7-2-3-8-6/h2-3,5H,1,4H2,(H,9,10)/p-1. The van der Waals surface area contributed by atoms with Gasteiger partial charge in [-0.05, 0) is 0 Å². The summed E-state index contributed by atoms with van der Waals surface area (Å²) in [5, 5.41) is 0. The molecule has 1 heterocycles. The van der Waals surface area contributed by atoms with Crippen LogP contribution < -0.4 is 0 Å². The summed E-state index contributed by atoms with van der Waals surface area (Å²) >= 11 is -1.98. The molecule has 0 radical (unpaired) electrons. The lowest BCUT2D eigenvalue weighted by Gasteiger charge is -2.02. The Kier molecular flexibility index (Phi) is 3.13. The second-order valence-corrected chi connectivity index (χ2v) is 2.97. The van der Waals surface area contributed by atoms with Gasteiger partial charge in [0.1, 0.15) is 0 Å². The van der Waals surface area contributed by atoms with Gasteiger partial charge >= 0.3 is 0 Å². The molecule has 0 N–H and O–H groups in total. The summed E-state index contributed by atoms with van der Waals surface area (Å²) in [6.45, 7) is 0. The van der Waals surface area contributed by atoms with Crippen molar-refractivity contribution in [3.8, 4) is 0 Å². The van der Waals surface area contributed by atoms with E-state index in [1.807, 2.05) is 0 Å². The van der Waals surface area contributed by atoms with Gasteiger partial charge in [-0.2, -0.15) is 0 Å². The van der Waals surface area contributed by atoms with Gasteiger partial charge in [-0.15, -0.1) is 0 Å². The number of nitrogens with zero attached hydrogens (tertiary/aromatic N) is 2. The molecule has 1 aromatic rings. The lowest BCUT2D eigenvalue weighted by molar-refractivity contribution is 0.536. The molecule has 0 aliphatic heterocycles. The third-order valence-electron chi connectivity index (χ3n) is 1.14. The normalized spacial score (nSPS) is 12.8. The Labute approximate surface area is 67.0 Å². The Morgan fingerprint density at radius 3 is 2.91 bits per heavy atom. The summed E-state index contributed by atoms with van der Waals surface area (Å²) in [7, 11) is 0. The minimum Gasteiger partial charge on any atom is -0.772 e. The molecule has 60 valence electrons. The predicted octanol–water partition coefficient (Wildman–Crippen LogP) is -0.102. The molecule has 1 unspecified atom stereocenters. The highest BCUT2D eigenvalue weighted by Gasteiger charge is 1.92. The molecule has 0 spiro atoms. The van der Waals surface area contributed by atoms with Crippen LogP contribution in [0.1, 0.15) is 5.69 Å². The highest BCUT2D eigenvalue weighted by molar-refractivity contribution is 7.79. The first-order valence-electron chi connectivity index (χ1n) is 3.10. The maximum atomic E-state index is 10.1. The van der Waals surface area contributed by atoms with E-state index in [0.29, 0.717) is 12.1 Å². The maximum Gasteiger partial charge on any atom is 0.0595 e. The molecule has 0 saturated heterocycles. The molecule has 0 amide bonds. The highest BCUT2D eigenvalue weighted by atomic mass is 32.2. The molecular formula is C6H7N2O2S-. The predicted molar refractivity (Wildman–Crippen MR) is 39.5 cm³/mol. The van der Waals surface area contributed by atoms with E-state index < -0.39 is 11.1 Å². The van der Waals surface area contributed by atoms with Gasteiger partial charge in [-0.25, -0.2) is 0 Å². The number of hydrogen-bond donors (Lipinski definition) is 0. The first-order valence-corrected chi connectivity index (χ1v) is 4.34. The molecule has 0 aromatic carbocycles. The summed E-state index contributed by atoms with van der Waals surface area (Å²) in [6.07, 6.45) is 5.09. The molecule has 0 aliphatic carbocycles. The maximum absolute atomic E-state index is 10.1. The molecule has 1 aromatic heterocycles. The van der Waals surface area contributed by atoms with Crippen molar-refractivity contribution in [3.63, 3.8) is 0 Å². The summed E-state index contributed by atoms with van der Waals surface area (Å²) in [5.41, 5.74) is 0.705. The van der Waals surface area contributed by atoms with Gasteiger partial charge in [-0.1, -0.05) is 11.1 Å². The van der Waals surface area contributed by atoms with Crippen molar-refractivity contribution >= 4 is 11.1 Å². The summed E-state index contributed by atoms with van der Waals surface area (Å²) in [5.74, 6) is 0.110. The smallest absolute Gasteiger partial charge is 0.0595 e. The number of rotatable bonds is 3. The minimum absolute atomic E-state index is 0.110. The van der Waals surface area contributed by atoms with Crippen LogP contribution in [0.2, 0.25) is 0 Å². The first kappa shape index (κ1) is 8.29. The average molecular weight is 171 g/mol. The fourth-order valence-corrected chi connectivity index (χ4v) is 1.02. The van der Waals surface area contributed by atoms with Gasteiger partial charge in [0, 0.05) is 30.8 Å². The van der Waals surface area contributed by atoms with E-state index in [9.17, 15) is 8.76 Å². The molecule has 4 nitrogen and oxygen atoms in total. The van der Waals surface area contributed by atoms with Crippen LogP contribution >= 0.6 is 0 Å². The van der Waals surface area contributed by atoms with Crippen molar-refractivity contribution in [2.75, 3.05) is 5.75 Å². The fourth-order valence-electron chi connectivity index (χ4n) is 0.647. The Balaban J connectivity index is 2.45. The Hall–Kier alpha value is -0.810. The van der Waals surface area contributed by atoms with Crippen LogP contribution in [0.5, 0.6) is 0 Å². The topological polar surface area (TPSA) is 65.9 Å². The van der Waals surface area contributed by atoms with Crippen molar-refractivity contribution < 1.29 is 8.76 Å². The average Bonchev–Trinajstić information content (AvgIpc) is 2.03. The SMILES string of the molecule is O=S([O-])CCc1cnccn1. The van der Waals surface area contributed by atoms with Crippen LogP contribution in [0.4, 0.5) is 0 Å². The summed E-state index contributed by atoms with van der Waals surface area (Å²) in [4.78, 5) is 7.71. The van der Waals surface area contributed by atoms with Crippen molar-refractivity contribution in [1.29, 1.82) is 0 Å². The fraction of sp³-hybridized carbons (Fsp3) is 0.333. The number of aromatic nitrogens is 2. The zero-order chi connectivity index (χ0) is 8.10. The second kappa shape index (κ2) is 4.15. The third kappa shape index (κ3) is 3.20. The lowest BCUT2D eigenvalue weighted by Crippen LogP contribution is -2.01. The molecule has 0 fully saturated rings. The number of aryl methyl sites for hydroxylation is 1. The van der Waals surface area contributed by atoms with E-state index in [1.54, 1.807) is 18.6 Å². The second-order valence-electron chi connectivity index (χ2n) is 1.95. The van der Waals surface area contributed by atoms with Gasteiger partial charge < -0.3 is 4.55 Å². The van der Waals surface area contributed by atoms with Crippen LogP contribution in [0, 0.1) is 0 Å². The Bertz CT molecular complexity index is 240. The molecule has 1 rings (SSSR count). The summed E-state index contributed by atoms with van der Waals surface area (Å²) in [6, 6.07) is 0.